The number of H-pyrrole nitrogens is 1. The maximum absolute atomic E-state index is 5.31. The molecule has 2 heterocycles. The van der Waals surface area contributed by atoms with Crippen LogP contribution in [-0.2, 0) is 0 Å². The first-order valence-electron chi connectivity index (χ1n) is 4.58. The monoisotopic (exact) mass is 232 g/mol. The number of benzene rings is 1. The van der Waals surface area contributed by atoms with Gasteiger partial charge in [0.2, 0.25) is 0 Å². The minimum absolute atomic E-state index is 0.745. The summed E-state index contributed by atoms with van der Waals surface area (Å²) >= 11 is 6.99. The number of nitrogens with one attached hydrogen (secondary N) is 1. The van der Waals surface area contributed by atoms with Crippen molar-refractivity contribution in [3.8, 4) is 5.69 Å². The van der Waals surface area contributed by atoms with E-state index in [1.54, 1.807) is 11.3 Å². The van der Waals surface area contributed by atoms with Crippen LogP contribution < -0.4 is 0 Å². The van der Waals surface area contributed by atoms with Crippen LogP contribution in [0.1, 0.15) is 0 Å². The van der Waals surface area contributed by atoms with Gasteiger partial charge in [0.1, 0.15) is 0 Å². The Balaban J connectivity index is 2.44. The fraction of sp³-hybridized carbons (Fsp3) is 0. The van der Waals surface area contributed by atoms with Gasteiger partial charge in [0.15, 0.2) is 4.77 Å². The predicted octanol–water partition coefficient (Wildman–Crippen LogP) is 3.75. The van der Waals surface area contributed by atoms with E-state index in [1.165, 1.54) is 0 Å². The van der Waals surface area contributed by atoms with Crippen molar-refractivity contribution >= 4 is 34.6 Å². The number of para-hydroxylation sites is 2. The van der Waals surface area contributed by atoms with E-state index >= 15 is 0 Å². The Morgan fingerprint density at radius 2 is 2.07 bits per heavy atom. The van der Waals surface area contributed by atoms with Crippen molar-refractivity contribution in [3.05, 3.63) is 45.9 Å². The Morgan fingerprint density at radius 3 is 2.87 bits per heavy atom. The SMILES string of the molecule is S=c1[nH]c2ccccc2n1-c1ccsc1. The third-order valence-corrected chi connectivity index (χ3v) is 3.31. The summed E-state index contributed by atoms with van der Waals surface area (Å²) in [6.07, 6.45) is 0. The number of imidazole rings is 1. The highest BCUT2D eigenvalue weighted by molar-refractivity contribution is 7.71. The first kappa shape index (κ1) is 8.88. The third-order valence-electron chi connectivity index (χ3n) is 2.35. The molecular weight excluding hydrogens is 224 g/mol. The van der Waals surface area contributed by atoms with Crippen molar-refractivity contribution in [3.63, 3.8) is 0 Å². The molecule has 2 aromatic heterocycles. The lowest BCUT2D eigenvalue weighted by atomic mass is 10.3. The van der Waals surface area contributed by atoms with Crippen LogP contribution in [-0.4, -0.2) is 9.55 Å². The van der Waals surface area contributed by atoms with Gasteiger partial charge in [0, 0.05) is 5.38 Å². The molecule has 0 aliphatic carbocycles. The summed E-state index contributed by atoms with van der Waals surface area (Å²) in [5, 5.41) is 4.15. The largest absolute Gasteiger partial charge is 0.330 e. The molecule has 4 heteroatoms. The molecule has 0 aliphatic heterocycles. The summed E-state index contributed by atoms with van der Waals surface area (Å²) in [5.41, 5.74) is 3.33. The second-order valence-electron chi connectivity index (χ2n) is 3.26. The average molecular weight is 232 g/mol. The van der Waals surface area contributed by atoms with Crippen molar-refractivity contribution in [2.45, 2.75) is 0 Å². The van der Waals surface area contributed by atoms with Crippen molar-refractivity contribution in [1.82, 2.24) is 9.55 Å². The Labute approximate surface area is 95.8 Å². The van der Waals surface area contributed by atoms with Crippen molar-refractivity contribution in [2.75, 3.05) is 0 Å². The van der Waals surface area contributed by atoms with Crippen LogP contribution in [0.25, 0.3) is 16.7 Å². The van der Waals surface area contributed by atoms with Gasteiger partial charge >= 0.3 is 0 Å². The molecule has 3 aromatic rings. The van der Waals surface area contributed by atoms with E-state index in [-0.39, 0.29) is 0 Å². The van der Waals surface area contributed by atoms with Gasteiger partial charge < -0.3 is 4.98 Å². The summed E-state index contributed by atoms with van der Waals surface area (Å²) in [6.45, 7) is 0. The van der Waals surface area contributed by atoms with Crippen LogP contribution in [0.15, 0.2) is 41.1 Å². The molecule has 2 nitrogen and oxygen atoms in total. The normalized spacial score (nSPS) is 10.9. The second kappa shape index (κ2) is 3.32. The van der Waals surface area contributed by atoms with E-state index in [0.717, 1.165) is 21.5 Å². The number of aromatic amines is 1. The van der Waals surface area contributed by atoms with Gasteiger partial charge in [-0.05, 0) is 35.8 Å². The molecule has 0 atom stereocenters. The number of fused-ring (bicyclic) bond motifs is 1. The zero-order valence-electron chi connectivity index (χ0n) is 7.81. The number of hydrogen-bond acceptors (Lipinski definition) is 2. The van der Waals surface area contributed by atoms with Crippen LogP contribution in [0.3, 0.4) is 0 Å². The molecule has 1 N–H and O–H groups in total. The van der Waals surface area contributed by atoms with Crippen LogP contribution in [0.5, 0.6) is 0 Å². The molecule has 0 spiro atoms. The predicted molar refractivity (Wildman–Crippen MR) is 66.3 cm³/mol. The number of thiophene rings is 1. The van der Waals surface area contributed by atoms with E-state index < -0.39 is 0 Å². The fourth-order valence-corrected chi connectivity index (χ4v) is 2.63. The van der Waals surface area contributed by atoms with Gasteiger partial charge in [-0.2, -0.15) is 11.3 Å². The van der Waals surface area contributed by atoms with E-state index in [0.29, 0.717) is 0 Å². The Kier molecular flexibility index (Phi) is 1.97. The minimum atomic E-state index is 0.745. The molecule has 0 amide bonds. The highest BCUT2D eigenvalue weighted by Crippen LogP contribution is 2.20. The first-order chi connectivity index (χ1) is 7.36. The van der Waals surface area contributed by atoms with Crippen molar-refractivity contribution in [2.24, 2.45) is 0 Å². The Hall–Kier alpha value is -1.39. The highest BCUT2D eigenvalue weighted by Gasteiger charge is 2.05. The average Bonchev–Trinajstić information content (AvgIpc) is 2.82. The van der Waals surface area contributed by atoms with Gasteiger partial charge in [-0.15, -0.1) is 0 Å². The minimum Gasteiger partial charge on any atom is -0.330 e. The molecule has 1 aromatic carbocycles. The van der Waals surface area contributed by atoms with Gasteiger partial charge in [-0.1, -0.05) is 12.1 Å². The maximum Gasteiger partial charge on any atom is 0.182 e. The highest BCUT2D eigenvalue weighted by atomic mass is 32.1. The molecule has 0 unspecified atom stereocenters. The molecule has 0 fully saturated rings. The first-order valence-corrected chi connectivity index (χ1v) is 5.94. The van der Waals surface area contributed by atoms with E-state index in [1.807, 2.05) is 18.2 Å². The summed E-state index contributed by atoms with van der Waals surface area (Å²) < 4.78 is 2.80. The summed E-state index contributed by atoms with van der Waals surface area (Å²) in [4.78, 5) is 3.20. The van der Waals surface area contributed by atoms with Crippen LogP contribution in [0, 0.1) is 4.77 Å². The second-order valence-corrected chi connectivity index (χ2v) is 4.43. The zero-order chi connectivity index (χ0) is 10.3. The van der Waals surface area contributed by atoms with Crippen molar-refractivity contribution < 1.29 is 0 Å². The van der Waals surface area contributed by atoms with Gasteiger partial charge in [0.05, 0.1) is 16.7 Å². The lowest BCUT2D eigenvalue weighted by Gasteiger charge is -1.99. The van der Waals surface area contributed by atoms with Gasteiger partial charge in [-0.25, -0.2) is 0 Å². The fourth-order valence-electron chi connectivity index (χ4n) is 1.70. The molecule has 0 saturated heterocycles. The van der Waals surface area contributed by atoms with Crippen LogP contribution >= 0.6 is 23.6 Å². The van der Waals surface area contributed by atoms with Crippen LogP contribution in [0.2, 0.25) is 0 Å². The zero-order valence-corrected chi connectivity index (χ0v) is 9.44. The number of rotatable bonds is 1. The molecule has 0 radical (unpaired) electrons. The number of nitrogens with zero attached hydrogens (tertiary/aromatic N) is 1. The molecule has 74 valence electrons. The standard InChI is InChI=1S/C11H8N2S2/c14-11-12-9-3-1-2-4-10(9)13(11)8-5-6-15-7-8/h1-7H,(H,12,14). The lowest BCUT2D eigenvalue weighted by Crippen LogP contribution is -1.90. The molecule has 0 aliphatic rings. The lowest BCUT2D eigenvalue weighted by molar-refractivity contribution is 1.07. The van der Waals surface area contributed by atoms with E-state index in [9.17, 15) is 0 Å². The third kappa shape index (κ3) is 1.33. The molecule has 3 rings (SSSR count). The smallest absolute Gasteiger partial charge is 0.182 e. The number of aromatic nitrogens is 2. The van der Waals surface area contributed by atoms with Gasteiger partial charge in [-0.3, -0.25) is 4.57 Å². The van der Waals surface area contributed by atoms with Gasteiger partial charge in [0.25, 0.3) is 0 Å². The molecule has 0 saturated carbocycles. The molecule has 15 heavy (non-hydrogen) atoms. The van der Waals surface area contributed by atoms with E-state index in [4.69, 9.17) is 12.2 Å². The summed E-state index contributed by atoms with van der Waals surface area (Å²) in [6, 6.07) is 10.2. The molecular formula is C11H8N2S2. The molecule has 0 bridgehead atoms. The van der Waals surface area contributed by atoms with Crippen molar-refractivity contribution in [1.29, 1.82) is 0 Å². The van der Waals surface area contributed by atoms with Crippen LogP contribution in [0.4, 0.5) is 0 Å². The maximum atomic E-state index is 5.31. The topological polar surface area (TPSA) is 20.7 Å². The Bertz CT molecular complexity index is 647. The van der Waals surface area contributed by atoms with E-state index in [2.05, 4.69) is 32.4 Å². The number of hydrogen-bond donors (Lipinski definition) is 1. The Morgan fingerprint density at radius 1 is 1.20 bits per heavy atom. The summed E-state index contributed by atoms with van der Waals surface area (Å²) in [7, 11) is 0. The summed E-state index contributed by atoms with van der Waals surface area (Å²) in [5.74, 6) is 0. The quantitative estimate of drug-likeness (QED) is 0.634.